The molecule has 0 unspecified atom stereocenters. The normalized spacial score (nSPS) is 18.1. The molecule has 0 atom stereocenters. The first-order valence-corrected chi connectivity index (χ1v) is 7.45. The fourth-order valence-corrected chi connectivity index (χ4v) is 3.11. The Labute approximate surface area is 120 Å². The number of hydrogen-bond acceptors (Lipinski definition) is 5. The van der Waals surface area contributed by atoms with E-state index in [9.17, 15) is 9.90 Å². The van der Waals surface area contributed by atoms with E-state index in [0.717, 1.165) is 10.2 Å². The number of hydrogen-bond donors (Lipinski definition) is 2. The van der Waals surface area contributed by atoms with Crippen LogP contribution in [0.15, 0.2) is 23.7 Å². The average molecular weight is 292 g/mol. The predicted molar refractivity (Wildman–Crippen MR) is 77.0 cm³/mol. The topological polar surface area (TPSA) is 71.5 Å². The van der Waals surface area contributed by atoms with E-state index in [-0.39, 0.29) is 12.5 Å². The second kappa shape index (κ2) is 5.47. The lowest BCUT2D eigenvalue weighted by molar-refractivity contribution is 0.0125. The zero-order valence-corrected chi connectivity index (χ0v) is 11.8. The van der Waals surface area contributed by atoms with Gasteiger partial charge in [-0.2, -0.15) is 0 Å². The quantitative estimate of drug-likeness (QED) is 0.901. The van der Waals surface area contributed by atoms with Crippen molar-refractivity contribution in [2.45, 2.75) is 18.4 Å². The Hall–Kier alpha value is -1.50. The molecule has 106 valence electrons. The maximum atomic E-state index is 12.4. The Morgan fingerprint density at radius 3 is 3.00 bits per heavy atom. The van der Waals surface area contributed by atoms with E-state index in [1.165, 1.54) is 11.3 Å². The summed E-state index contributed by atoms with van der Waals surface area (Å²) in [6.07, 6.45) is 1.27. The summed E-state index contributed by atoms with van der Waals surface area (Å²) in [4.78, 5) is 16.6. The summed E-state index contributed by atoms with van der Waals surface area (Å²) in [6.45, 7) is 1.06. The number of thiazole rings is 1. The van der Waals surface area contributed by atoms with Gasteiger partial charge in [0.25, 0.3) is 5.91 Å². The number of aromatic nitrogens is 1. The van der Waals surface area contributed by atoms with Crippen LogP contribution in [0.5, 0.6) is 0 Å². The molecule has 1 aliphatic rings. The van der Waals surface area contributed by atoms with Gasteiger partial charge in [-0.25, -0.2) is 4.98 Å². The van der Waals surface area contributed by atoms with Crippen LogP contribution in [-0.4, -0.2) is 41.4 Å². The molecule has 1 saturated heterocycles. The number of carbonyl (C=O) groups is 1. The molecule has 0 aliphatic carbocycles. The second-order valence-electron chi connectivity index (χ2n) is 5.04. The van der Waals surface area contributed by atoms with Gasteiger partial charge in [0.2, 0.25) is 0 Å². The molecule has 1 aromatic heterocycles. The maximum Gasteiger partial charge on any atom is 0.251 e. The molecule has 0 saturated carbocycles. The Morgan fingerprint density at radius 2 is 2.25 bits per heavy atom. The summed E-state index contributed by atoms with van der Waals surface area (Å²) in [5.74, 6) is -0.156. The predicted octanol–water partition coefficient (Wildman–Crippen LogP) is 1.57. The lowest BCUT2D eigenvalue weighted by Crippen LogP contribution is -2.54. The van der Waals surface area contributed by atoms with Crippen molar-refractivity contribution in [3.63, 3.8) is 0 Å². The van der Waals surface area contributed by atoms with Gasteiger partial charge in [0.05, 0.1) is 27.9 Å². The van der Waals surface area contributed by atoms with Crippen LogP contribution < -0.4 is 5.32 Å². The summed E-state index contributed by atoms with van der Waals surface area (Å²) >= 11 is 1.51. The third kappa shape index (κ3) is 2.54. The monoisotopic (exact) mass is 292 g/mol. The standard InChI is InChI=1S/C14H16N2O3S/c17-8-14(3-5-19-6-4-14)16-13(18)10-1-2-11-12(7-10)20-9-15-11/h1-2,7,9,17H,3-6,8H2,(H,16,18). The highest BCUT2D eigenvalue weighted by Crippen LogP contribution is 2.22. The fraction of sp³-hybridized carbons (Fsp3) is 0.429. The minimum Gasteiger partial charge on any atom is -0.394 e. The third-order valence-corrected chi connectivity index (χ3v) is 4.52. The average Bonchev–Trinajstić information content (AvgIpc) is 2.95. The van der Waals surface area contributed by atoms with Crippen LogP contribution >= 0.6 is 11.3 Å². The number of benzene rings is 1. The first-order valence-electron chi connectivity index (χ1n) is 6.57. The molecule has 2 N–H and O–H groups in total. The van der Waals surface area contributed by atoms with Gasteiger partial charge in [-0.1, -0.05) is 0 Å². The van der Waals surface area contributed by atoms with Crippen molar-refractivity contribution >= 4 is 27.5 Å². The molecule has 1 aliphatic heterocycles. The number of ether oxygens (including phenoxy) is 1. The zero-order chi connectivity index (χ0) is 14.0. The number of nitrogens with zero attached hydrogens (tertiary/aromatic N) is 1. The smallest absolute Gasteiger partial charge is 0.251 e. The van der Waals surface area contributed by atoms with Gasteiger partial charge in [-0.15, -0.1) is 11.3 Å². The largest absolute Gasteiger partial charge is 0.394 e. The van der Waals surface area contributed by atoms with Gasteiger partial charge >= 0.3 is 0 Å². The molecule has 20 heavy (non-hydrogen) atoms. The van der Waals surface area contributed by atoms with E-state index in [4.69, 9.17) is 4.74 Å². The molecule has 2 aromatic rings. The number of carbonyl (C=O) groups excluding carboxylic acids is 1. The molecule has 0 radical (unpaired) electrons. The number of nitrogens with one attached hydrogen (secondary N) is 1. The van der Waals surface area contributed by atoms with E-state index in [1.54, 1.807) is 11.6 Å². The van der Waals surface area contributed by atoms with Crippen molar-refractivity contribution in [3.8, 4) is 0 Å². The summed E-state index contributed by atoms with van der Waals surface area (Å²) < 4.78 is 6.28. The SMILES string of the molecule is O=C(NC1(CO)CCOCC1)c1ccc2ncsc2c1. The van der Waals surface area contributed by atoms with Crippen LogP contribution in [0.4, 0.5) is 0 Å². The summed E-state index contributed by atoms with van der Waals surface area (Å²) in [5.41, 5.74) is 2.70. The van der Waals surface area contributed by atoms with Gasteiger partial charge in [0.15, 0.2) is 0 Å². The molecule has 5 nitrogen and oxygen atoms in total. The lowest BCUT2D eigenvalue weighted by Gasteiger charge is -2.36. The zero-order valence-electron chi connectivity index (χ0n) is 11.0. The molecular formula is C14H16N2O3S. The minimum absolute atomic E-state index is 0.0646. The highest BCUT2D eigenvalue weighted by molar-refractivity contribution is 7.16. The highest BCUT2D eigenvalue weighted by atomic mass is 32.1. The number of rotatable bonds is 3. The van der Waals surface area contributed by atoms with Crippen LogP contribution in [-0.2, 0) is 4.74 Å². The van der Waals surface area contributed by atoms with Gasteiger partial charge in [0.1, 0.15) is 0 Å². The van der Waals surface area contributed by atoms with Gasteiger partial charge < -0.3 is 15.2 Å². The van der Waals surface area contributed by atoms with Crippen molar-refractivity contribution in [2.75, 3.05) is 19.8 Å². The molecule has 6 heteroatoms. The minimum atomic E-state index is -0.558. The first kappa shape index (κ1) is 13.5. The fourth-order valence-electron chi connectivity index (χ4n) is 2.39. The van der Waals surface area contributed by atoms with E-state index >= 15 is 0 Å². The molecule has 0 bridgehead atoms. The summed E-state index contributed by atoms with van der Waals surface area (Å²) in [5, 5.41) is 12.6. The molecular weight excluding hydrogens is 276 g/mol. The summed E-state index contributed by atoms with van der Waals surface area (Å²) in [7, 11) is 0. The van der Waals surface area contributed by atoms with Crippen LogP contribution in [0, 0.1) is 0 Å². The van der Waals surface area contributed by atoms with Crippen molar-refractivity contribution in [1.29, 1.82) is 0 Å². The molecule has 3 rings (SSSR count). The number of aliphatic hydroxyl groups is 1. The van der Waals surface area contributed by atoms with Crippen LogP contribution in [0.3, 0.4) is 0 Å². The van der Waals surface area contributed by atoms with E-state index in [2.05, 4.69) is 10.3 Å². The van der Waals surface area contributed by atoms with Gasteiger partial charge in [0, 0.05) is 18.8 Å². The van der Waals surface area contributed by atoms with Gasteiger partial charge in [-0.05, 0) is 31.0 Å². The molecule has 2 heterocycles. The lowest BCUT2D eigenvalue weighted by atomic mass is 9.90. The number of amides is 1. The third-order valence-electron chi connectivity index (χ3n) is 3.72. The highest BCUT2D eigenvalue weighted by Gasteiger charge is 2.33. The number of aliphatic hydroxyl groups excluding tert-OH is 1. The second-order valence-corrected chi connectivity index (χ2v) is 5.93. The Morgan fingerprint density at radius 1 is 1.45 bits per heavy atom. The van der Waals surface area contributed by atoms with Crippen molar-refractivity contribution in [1.82, 2.24) is 10.3 Å². The Bertz CT molecular complexity index is 620. The maximum absolute atomic E-state index is 12.4. The molecule has 1 aromatic carbocycles. The van der Waals surface area contributed by atoms with Gasteiger partial charge in [-0.3, -0.25) is 4.79 Å². The van der Waals surface area contributed by atoms with Crippen molar-refractivity contribution in [3.05, 3.63) is 29.3 Å². The Kier molecular flexibility index (Phi) is 3.69. The van der Waals surface area contributed by atoms with Crippen LogP contribution in [0.2, 0.25) is 0 Å². The van der Waals surface area contributed by atoms with Crippen LogP contribution in [0.25, 0.3) is 10.2 Å². The summed E-state index contributed by atoms with van der Waals surface area (Å²) in [6, 6.07) is 5.45. The van der Waals surface area contributed by atoms with E-state index in [0.29, 0.717) is 31.6 Å². The van der Waals surface area contributed by atoms with E-state index < -0.39 is 5.54 Å². The molecule has 1 fully saturated rings. The van der Waals surface area contributed by atoms with Crippen molar-refractivity contribution in [2.24, 2.45) is 0 Å². The molecule has 0 spiro atoms. The van der Waals surface area contributed by atoms with Crippen LogP contribution in [0.1, 0.15) is 23.2 Å². The van der Waals surface area contributed by atoms with E-state index in [1.807, 2.05) is 12.1 Å². The van der Waals surface area contributed by atoms with Crippen molar-refractivity contribution < 1.29 is 14.6 Å². The number of fused-ring (bicyclic) bond motifs is 1. The first-order chi connectivity index (χ1) is 9.72. The Balaban J connectivity index is 1.80. The molecule has 1 amide bonds.